The molecule has 1 unspecified atom stereocenters. The third-order valence-electron chi connectivity index (χ3n) is 3.86. The third kappa shape index (κ3) is 4.66. The van der Waals surface area contributed by atoms with Gasteiger partial charge in [-0.05, 0) is 54.6 Å². The Balaban J connectivity index is 2.07. The molecule has 0 amide bonds. The van der Waals surface area contributed by atoms with Crippen LogP contribution in [0.5, 0.6) is 0 Å². The molecule has 1 atom stereocenters. The highest BCUT2D eigenvalue weighted by Crippen LogP contribution is 2.32. The number of hydrogen-bond donors (Lipinski definition) is 1. The van der Waals surface area contributed by atoms with Crippen molar-refractivity contribution in [1.82, 2.24) is 15.2 Å². The summed E-state index contributed by atoms with van der Waals surface area (Å²) in [7, 11) is 4.31. The minimum absolute atomic E-state index is 0.150. The number of nitrogens with one attached hydrogen (secondary N) is 1. The van der Waals surface area contributed by atoms with E-state index in [2.05, 4.69) is 56.9 Å². The normalized spacial score (nSPS) is 19.8. The van der Waals surface area contributed by atoms with Gasteiger partial charge in [0.2, 0.25) is 0 Å². The van der Waals surface area contributed by atoms with E-state index in [0.29, 0.717) is 6.04 Å². The van der Waals surface area contributed by atoms with Crippen LogP contribution in [0.1, 0.15) is 44.2 Å². The minimum atomic E-state index is 0.150. The molecule has 0 aliphatic carbocycles. The molecule has 0 aromatic carbocycles. The van der Waals surface area contributed by atoms with E-state index in [-0.39, 0.29) is 5.54 Å². The number of hydrogen-bond acceptors (Lipinski definition) is 5. The lowest BCUT2D eigenvalue weighted by Crippen LogP contribution is -2.37. The van der Waals surface area contributed by atoms with Crippen LogP contribution in [0.3, 0.4) is 0 Å². The van der Waals surface area contributed by atoms with E-state index in [1.807, 2.05) is 11.3 Å². The van der Waals surface area contributed by atoms with E-state index < -0.39 is 0 Å². The maximum atomic E-state index is 4.84. The molecule has 0 saturated carbocycles. The van der Waals surface area contributed by atoms with E-state index in [1.165, 1.54) is 28.5 Å². The van der Waals surface area contributed by atoms with Gasteiger partial charge >= 0.3 is 0 Å². The van der Waals surface area contributed by atoms with E-state index in [4.69, 9.17) is 4.98 Å². The maximum absolute atomic E-state index is 4.84. The van der Waals surface area contributed by atoms with Crippen molar-refractivity contribution < 1.29 is 0 Å². The summed E-state index contributed by atoms with van der Waals surface area (Å²) in [6.07, 6.45) is 2.57. The second-order valence-corrected chi connectivity index (χ2v) is 8.42. The molecule has 0 bridgehead atoms. The molecule has 1 aliphatic heterocycles. The molecule has 0 radical (unpaired) electrons. The Morgan fingerprint density at radius 1 is 1.38 bits per heavy atom. The van der Waals surface area contributed by atoms with Crippen LogP contribution in [0.25, 0.3) is 0 Å². The summed E-state index contributed by atoms with van der Waals surface area (Å²) >= 11 is 1.86. The Morgan fingerprint density at radius 3 is 2.71 bits per heavy atom. The molecule has 1 N–H and O–H groups in total. The van der Waals surface area contributed by atoms with Crippen LogP contribution in [0.15, 0.2) is 0 Å². The Kier molecular flexibility index (Phi) is 5.28. The van der Waals surface area contributed by atoms with Crippen molar-refractivity contribution in [2.24, 2.45) is 0 Å². The molecular weight excluding hydrogens is 280 g/mol. The van der Waals surface area contributed by atoms with Gasteiger partial charge in [-0.1, -0.05) is 0 Å². The van der Waals surface area contributed by atoms with Crippen LogP contribution >= 0.6 is 11.3 Å². The maximum Gasteiger partial charge on any atom is 0.186 e. The van der Waals surface area contributed by atoms with Crippen LogP contribution in [0, 0.1) is 6.92 Å². The first-order valence-electron chi connectivity index (χ1n) is 7.89. The highest BCUT2D eigenvalue weighted by atomic mass is 32.1. The highest BCUT2D eigenvalue weighted by Gasteiger charge is 2.28. The summed E-state index contributed by atoms with van der Waals surface area (Å²) < 4.78 is 0. The zero-order valence-electron chi connectivity index (χ0n) is 14.4. The average molecular weight is 311 g/mol. The Hall–Kier alpha value is -0.650. The fourth-order valence-electron chi connectivity index (χ4n) is 2.74. The molecule has 5 heteroatoms. The smallest absolute Gasteiger partial charge is 0.186 e. The zero-order chi connectivity index (χ0) is 15.6. The van der Waals surface area contributed by atoms with E-state index in [1.54, 1.807) is 0 Å². The monoisotopic (exact) mass is 310 g/mol. The van der Waals surface area contributed by atoms with Crippen molar-refractivity contribution in [3.63, 3.8) is 0 Å². The lowest BCUT2D eigenvalue weighted by Gasteiger charge is -2.26. The second kappa shape index (κ2) is 6.63. The summed E-state index contributed by atoms with van der Waals surface area (Å²) in [5.74, 6) is 0. The fourth-order valence-corrected chi connectivity index (χ4v) is 3.84. The van der Waals surface area contributed by atoms with Crippen LogP contribution in [0.2, 0.25) is 0 Å². The number of aromatic nitrogens is 1. The lowest BCUT2D eigenvalue weighted by atomic mass is 10.1. The first-order chi connectivity index (χ1) is 9.76. The SMILES string of the molecule is Cc1nc(N2CCCC2CN(C)C)sc1CNC(C)(C)C. The number of thiazole rings is 1. The highest BCUT2D eigenvalue weighted by molar-refractivity contribution is 7.15. The van der Waals surface area contributed by atoms with Crippen molar-refractivity contribution in [2.75, 3.05) is 32.1 Å². The molecule has 120 valence electrons. The summed E-state index contributed by atoms with van der Waals surface area (Å²) in [4.78, 5) is 11.0. The number of likely N-dealkylation sites (N-methyl/N-ethyl adjacent to an activating group) is 1. The van der Waals surface area contributed by atoms with Gasteiger partial charge in [0.25, 0.3) is 0 Å². The van der Waals surface area contributed by atoms with Crippen LogP contribution in [-0.4, -0.2) is 48.6 Å². The van der Waals surface area contributed by atoms with E-state index in [9.17, 15) is 0 Å². The molecule has 1 saturated heterocycles. The van der Waals surface area contributed by atoms with Crippen molar-refractivity contribution in [3.8, 4) is 0 Å². The number of nitrogens with zero attached hydrogens (tertiary/aromatic N) is 3. The molecule has 1 aromatic heterocycles. The first kappa shape index (κ1) is 16.7. The van der Waals surface area contributed by atoms with Crippen LogP contribution in [0.4, 0.5) is 5.13 Å². The quantitative estimate of drug-likeness (QED) is 0.906. The molecule has 0 spiro atoms. The number of rotatable bonds is 5. The molecule has 1 aromatic rings. The predicted octanol–water partition coefficient (Wildman–Crippen LogP) is 2.87. The van der Waals surface area contributed by atoms with Gasteiger partial charge in [-0.15, -0.1) is 11.3 Å². The van der Waals surface area contributed by atoms with Gasteiger partial charge in [0.15, 0.2) is 5.13 Å². The minimum Gasteiger partial charge on any atom is -0.344 e. The first-order valence-corrected chi connectivity index (χ1v) is 8.70. The summed E-state index contributed by atoms with van der Waals surface area (Å²) in [5.41, 5.74) is 1.33. The van der Waals surface area contributed by atoms with Crippen molar-refractivity contribution in [3.05, 3.63) is 10.6 Å². The number of anilines is 1. The van der Waals surface area contributed by atoms with Crippen molar-refractivity contribution >= 4 is 16.5 Å². The average Bonchev–Trinajstić information content (AvgIpc) is 2.91. The molecule has 4 nitrogen and oxygen atoms in total. The summed E-state index contributed by atoms with van der Waals surface area (Å²) in [5, 5.41) is 4.78. The zero-order valence-corrected chi connectivity index (χ0v) is 15.2. The lowest BCUT2D eigenvalue weighted by molar-refractivity contribution is 0.372. The van der Waals surface area contributed by atoms with Crippen LogP contribution < -0.4 is 10.2 Å². The topological polar surface area (TPSA) is 31.4 Å². The van der Waals surface area contributed by atoms with Gasteiger partial charge in [0.05, 0.1) is 5.69 Å². The van der Waals surface area contributed by atoms with Crippen molar-refractivity contribution in [1.29, 1.82) is 0 Å². The number of aryl methyl sites for hydroxylation is 1. The van der Waals surface area contributed by atoms with Gasteiger partial charge in [0.1, 0.15) is 0 Å². The molecule has 1 aliphatic rings. The van der Waals surface area contributed by atoms with Gasteiger partial charge in [-0.2, -0.15) is 0 Å². The Bertz CT molecular complexity index is 461. The molecule has 1 fully saturated rings. The van der Waals surface area contributed by atoms with E-state index >= 15 is 0 Å². The van der Waals surface area contributed by atoms with Gasteiger partial charge in [-0.25, -0.2) is 4.98 Å². The van der Waals surface area contributed by atoms with Gasteiger partial charge in [-0.3, -0.25) is 0 Å². The standard InChI is InChI=1S/C16H30N4S/c1-12-14(10-17-16(2,3)4)21-15(18-12)20-9-7-8-13(20)11-19(5)6/h13,17H,7-11H2,1-6H3. The molecule has 2 rings (SSSR count). The summed E-state index contributed by atoms with van der Waals surface area (Å²) in [6, 6.07) is 0.619. The second-order valence-electron chi connectivity index (χ2n) is 7.36. The molecule has 2 heterocycles. The molecule has 21 heavy (non-hydrogen) atoms. The molecular formula is C16H30N4S. The predicted molar refractivity (Wildman–Crippen MR) is 92.4 cm³/mol. The van der Waals surface area contributed by atoms with Crippen LogP contribution in [-0.2, 0) is 6.54 Å². The Morgan fingerprint density at radius 2 is 2.10 bits per heavy atom. The third-order valence-corrected chi connectivity index (χ3v) is 5.05. The van der Waals surface area contributed by atoms with E-state index in [0.717, 1.165) is 19.6 Å². The van der Waals surface area contributed by atoms with Gasteiger partial charge in [0, 0.05) is 36.1 Å². The fraction of sp³-hybridized carbons (Fsp3) is 0.812. The van der Waals surface area contributed by atoms with Gasteiger partial charge < -0.3 is 15.1 Å². The van der Waals surface area contributed by atoms with Crippen molar-refractivity contribution in [2.45, 2.75) is 58.7 Å². The summed E-state index contributed by atoms with van der Waals surface area (Å²) in [6.45, 7) is 11.9. The Labute approximate surface area is 133 Å². The largest absolute Gasteiger partial charge is 0.344 e.